The summed E-state index contributed by atoms with van der Waals surface area (Å²) in [6, 6.07) is 0.945. The summed E-state index contributed by atoms with van der Waals surface area (Å²) in [5, 5.41) is 9.13. The molecule has 2 rings (SSSR count). The molecule has 3 N–H and O–H groups in total. The Labute approximate surface area is 110 Å². The van der Waals surface area contributed by atoms with Crippen molar-refractivity contribution in [1.82, 2.24) is 4.90 Å². The molecule has 4 atom stereocenters. The summed E-state index contributed by atoms with van der Waals surface area (Å²) >= 11 is 0. The fourth-order valence-electron chi connectivity index (χ4n) is 3.86. The predicted octanol–water partition coefficient (Wildman–Crippen LogP) is 1.83. The third-order valence-electron chi connectivity index (χ3n) is 4.81. The molecule has 0 aromatic heterocycles. The lowest BCUT2D eigenvalue weighted by molar-refractivity contribution is -0.143. The van der Waals surface area contributed by atoms with Crippen LogP contribution in [0, 0.1) is 5.92 Å². The van der Waals surface area contributed by atoms with Gasteiger partial charge in [-0.05, 0) is 58.4 Å². The Bertz CT molecular complexity index is 317. The number of rotatable bonds is 4. The minimum Gasteiger partial charge on any atom is -0.480 e. The molecule has 4 unspecified atom stereocenters. The summed E-state index contributed by atoms with van der Waals surface area (Å²) in [5.74, 6) is -0.0515. The monoisotopic (exact) mass is 254 g/mol. The number of carboxylic acid groups (broad SMARTS) is 1. The zero-order chi connectivity index (χ0) is 13.3. The van der Waals surface area contributed by atoms with Crippen LogP contribution in [0.4, 0.5) is 0 Å². The van der Waals surface area contributed by atoms with Crippen molar-refractivity contribution in [3.05, 3.63) is 0 Å². The van der Waals surface area contributed by atoms with Crippen molar-refractivity contribution in [3.8, 4) is 0 Å². The molecule has 0 radical (unpaired) electrons. The maximum Gasteiger partial charge on any atom is 0.323 e. The molecule has 0 bridgehead atoms. The highest BCUT2D eigenvalue weighted by Gasteiger charge is 2.39. The van der Waals surface area contributed by atoms with E-state index < -0.39 is 11.5 Å². The minimum absolute atomic E-state index is 0.266. The molecule has 1 aliphatic heterocycles. The molecular formula is C14H26N2O2. The van der Waals surface area contributed by atoms with Gasteiger partial charge >= 0.3 is 5.97 Å². The van der Waals surface area contributed by atoms with E-state index in [4.69, 9.17) is 10.8 Å². The molecule has 4 nitrogen and oxygen atoms in total. The standard InChI is InChI=1S/C14H26N2O2/c1-10(9-14(2,15)13(17)18)16-8-4-6-11-5-3-7-12(11)16/h10-12H,3-9,15H2,1-2H3,(H,17,18). The van der Waals surface area contributed by atoms with Gasteiger partial charge in [-0.2, -0.15) is 0 Å². The van der Waals surface area contributed by atoms with Gasteiger partial charge in [-0.25, -0.2) is 0 Å². The van der Waals surface area contributed by atoms with Gasteiger partial charge in [-0.1, -0.05) is 6.42 Å². The lowest BCUT2D eigenvalue weighted by Crippen LogP contribution is -2.54. The Hall–Kier alpha value is -0.610. The van der Waals surface area contributed by atoms with Crippen LogP contribution in [-0.4, -0.2) is 40.1 Å². The number of nitrogens with zero attached hydrogens (tertiary/aromatic N) is 1. The Kier molecular flexibility index (Phi) is 3.97. The zero-order valence-corrected chi connectivity index (χ0v) is 11.6. The molecule has 104 valence electrons. The van der Waals surface area contributed by atoms with Crippen molar-refractivity contribution in [2.45, 2.75) is 70.0 Å². The van der Waals surface area contributed by atoms with Crippen LogP contribution in [0.5, 0.6) is 0 Å². The highest BCUT2D eigenvalue weighted by molar-refractivity contribution is 5.77. The summed E-state index contributed by atoms with van der Waals surface area (Å²) in [6.45, 7) is 4.87. The van der Waals surface area contributed by atoms with Crippen LogP contribution in [0.25, 0.3) is 0 Å². The molecule has 2 aliphatic rings. The Morgan fingerprint density at radius 1 is 1.44 bits per heavy atom. The summed E-state index contributed by atoms with van der Waals surface area (Å²) in [7, 11) is 0. The van der Waals surface area contributed by atoms with Gasteiger partial charge in [0.2, 0.25) is 0 Å². The molecule has 2 fully saturated rings. The van der Waals surface area contributed by atoms with Crippen molar-refractivity contribution in [1.29, 1.82) is 0 Å². The van der Waals surface area contributed by atoms with Crippen molar-refractivity contribution in [2.24, 2.45) is 11.7 Å². The van der Waals surface area contributed by atoms with Crippen LogP contribution in [0.3, 0.4) is 0 Å². The molecule has 1 saturated heterocycles. The minimum atomic E-state index is -1.11. The summed E-state index contributed by atoms with van der Waals surface area (Å²) in [4.78, 5) is 13.6. The fourth-order valence-corrected chi connectivity index (χ4v) is 3.86. The number of carboxylic acids is 1. The topological polar surface area (TPSA) is 66.6 Å². The van der Waals surface area contributed by atoms with E-state index >= 15 is 0 Å². The highest BCUT2D eigenvalue weighted by Crippen LogP contribution is 2.38. The second kappa shape index (κ2) is 5.17. The molecule has 1 aliphatic carbocycles. The van der Waals surface area contributed by atoms with Crippen molar-refractivity contribution >= 4 is 5.97 Å². The van der Waals surface area contributed by atoms with E-state index in [9.17, 15) is 4.79 Å². The summed E-state index contributed by atoms with van der Waals surface area (Å²) < 4.78 is 0. The molecular weight excluding hydrogens is 228 g/mol. The molecule has 1 saturated carbocycles. The maximum absolute atomic E-state index is 11.1. The van der Waals surface area contributed by atoms with Gasteiger partial charge in [0.05, 0.1) is 0 Å². The summed E-state index contributed by atoms with van der Waals surface area (Å²) in [5.41, 5.74) is 4.77. The lowest BCUT2D eigenvalue weighted by atomic mass is 9.87. The van der Waals surface area contributed by atoms with E-state index in [0.29, 0.717) is 12.5 Å². The third kappa shape index (κ3) is 2.69. The first-order chi connectivity index (χ1) is 8.42. The van der Waals surface area contributed by atoms with E-state index in [1.807, 2.05) is 0 Å². The zero-order valence-electron chi connectivity index (χ0n) is 11.6. The Morgan fingerprint density at radius 3 is 2.78 bits per heavy atom. The molecule has 18 heavy (non-hydrogen) atoms. The number of aliphatic carboxylic acids is 1. The first-order valence-corrected chi connectivity index (χ1v) is 7.20. The number of hydrogen-bond donors (Lipinski definition) is 2. The number of nitrogens with two attached hydrogens (primary N) is 1. The van der Waals surface area contributed by atoms with Crippen molar-refractivity contribution in [2.75, 3.05) is 6.54 Å². The molecule has 1 heterocycles. The number of piperidine rings is 1. The number of likely N-dealkylation sites (tertiary alicyclic amines) is 1. The number of carbonyl (C=O) groups is 1. The SMILES string of the molecule is CC(CC(C)(N)C(=O)O)N1CCCC2CCCC21. The maximum atomic E-state index is 11.1. The Balaban J connectivity index is 1.99. The van der Waals surface area contributed by atoms with E-state index in [1.165, 1.54) is 32.1 Å². The smallest absolute Gasteiger partial charge is 0.323 e. The second-order valence-electron chi connectivity index (χ2n) is 6.41. The number of fused-ring (bicyclic) bond motifs is 1. The molecule has 0 spiro atoms. The first-order valence-electron chi connectivity index (χ1n) is 7.20. The Morgan fingerprint density at radius 2 is 2.11 bits per heavy atom. The van der Waals surface area contributed by atoms with Gasteiger partial charge < -0.3 is 10.8 Å². The van der Waals surface area contributed by atoms with Crippen LogP contribution in [0.1, 0.15) is 52.4 Å². The molecule has 4 heteroatoms. The van der Waals surface area contributed by atoms with Gasteiger partial charge in [-0.3, -0.25) is 9.69 Å². The van der Waals surface area contributed by atoms with Gasteiger partial charge in [-0.15, -0.1) is 0 Å². The van der Waals surface area contributed by atoms with Crippen LogP contribution < -0.4 is 5.73 Å². The average Bonchev–Trinajstić information content (AvgIpc) is 2.75. The average molecular weight is 254 g/mol. The normalized spacial score (nSPS) is 33.7. The number of hydrogen-bond acceptors (Lipinski definition) is 3. The van der Waals surface area contributed by atoms with E-state index in [1.54, 1.807) is 6.92 Å². The molecule has 0 aromatic carbocycles. The molecule has 0 amide bonds. The van der Waals surface area contributed by atoms with Crippen LogP contribution in [0.2, 0.25) is 0 Å². The van der Waals surface area contributed by atoms with Gasteiger partial charge in [0, 0.05) is 12.1 Å². The van der Waals surface area contributed by atoms with Gasteiger partial charge in [0.15, 0.2) is 0 Å². The van der Waals surface area contributed by atoms with Crippen molar-refractivity contribution in [3.63, 3.8) is 0 Å². The van der Waals surface area contributed by atoms with Gasteiger partial charge in [0.1, 0.15) is 5.54 Å². The summed E-state index contributed by atoms with van der Waals surface area (Å²) in [6.07, 6.45) is 7.10. The van der Waals surface area contributed by atoms with E-state index in [2.05, 4.69) is 11.8 Å². The largest absolute Gasteiger partial charge is 0.480 e. The van der Waals surface area contributed by atoms with Crippen molar-refractivity contribution < 1.29 is 9.90 Å². The third-order valence-corrected chi connectivity index (χ3v) is 4.81. The lowest BCUT2D eigenvalue weighted by Gasteiger charge is -2.43. The second-order valence-corrected chi connectivity index (χ2v) is 6.41. The molecule has 0 aromatic rings. The predicted molar refractivity (Wildman–Crippen MR) is 71.4 cm³/mol. The van der Waals surface area contributed by atoms with E-state index in [0.717, 1.165) is 12.5 Å². The van der Waals surface area contributed by atoms with E-state index in [-0.39, 0.29) is 6.04 Å². The first kappa shape index (κ1) is 13.8. The van der Waals surface area contributed by atoms with Crippen LogP contribution >= 0.6 is 0 Å². The van der Waals surface area contributed by atoms with Crippen LogP contribution in [0.15, 0.2) is 0 Å². The van der Waals surface area contributed by atoms with Crippen LogP contribution in [-0.2, 0) is 4.79 Å². The quantitative estimate of drug-likeness (QED) is 0.803. The fraction of sp³-hybridized carbons (Fsp3) is 0.929. The highest BCUT2D eigenvalue weighted by atomic mass is 16.4. The van der Waals surface area contributed by atoms with Gasteiger partial charge in [0.25, 0.3) is 0 Å².